The smallest absolute Gasteiger partial charge is 0.261 e. The number of piperidine rings is 1. The van der Waals surface area contributed by atoms with Crippen LogP contribution in [0.25, 0.3) is 0 Å². The predicted octanol–water partition coefficient (Wildman–Crippen LogP) is 1.45. The van der Waals surface area contributed by atoms with Crippen LogP contribution >= 0.6 is 0 Å². The van der Waals surface area contributed by atoms with Gasteiger partial charge in [0, 0.05) is 19.1 Å². The molecule has 0 aromatic carbocycles. The quantitative estimate of drug-likeness (QED) is 0.738. The Hall–Kier alpha value is -0.910. The Balaban J connectivity index is 3.05. The van der Waals surface area contributed by atoms with Crippen molar-refractivity contribution in [2.24, 2.45) is 5.92 Å². The van der Waals surface area contributed by atoms with Gasteiger partial charge in [-0.1, -0.05) is 24.8 Å². The van der Waals surface area contributed by atoms with E-state index in [1.807, 2.05) is 13.0 Å². The Morgan fingerprint density at radius 1 is 1.69 bits per heavy atom. The van der Waals surface area contributed by atoms with Crippen LogP contribution in [0.3, 0.4) is 0 Å². The molecule has 1 aliphatic rings. The predicted molar refractivity (Wildman–Crippen MR) is 64.7 cm³/mol. The molecule has 5 heteroatoms. The van der Waals surface area contributed by atoms with Gasteiger partial charge in [-0.2, -0.15) is 0 Å². The number of aliphatic hydroxyl groups is 1. The highest BCUT2D eigenvalue weighted by atomic mass is 32.2. The summed E-state index contributed by atoms with van der Waals surface area (Å²) in [4.78, 5) is 0. The van der Waals surface area contributed by atoms with Gasteiger partial charge in [0.1, 0.15) is 0 Å². The van der Waals surface area contributed by atoms with E-state index in [0.29, 0.717) is 13.0 Å². The van der Waals surface area contributed by atoms with Gasteiger partial charge < -0.3 is 5.11 Å². The van der Waals surface area contributed by atoms with Crippen molar-refractivity contribution in [3.05, 3.63) is 36.1 Å². The first kappa shape index (κ1) is 13.2. The summed E-state index contributed by atoms with van der Waals surface area (Å²) >= 11 is -2.05. The van der Waals surface area contributed by atoms with Crippen LogP contribution in [0.5, 0.6) is 0 Å². The molecule has 1 heterocycles. The molecule has 0 bridgehead atoms. The van der Waals surface area contributed by atoms with E-state index >= 15 is 0 Å². The number of aliphatic hydroxyl groups excluding tert-OH is 1. The summed E-state index contributed by atoms with van der Waals surface area (Å²) < 4.78 is 21.8. The second kappa shape index (κ2) is 5.98. The topological polar surface area (TPSA) is 60.8 Å². The van der Waals surface area contributed by atoms with E-state index in [-0.39, 0.29) is 12.5 Å². The number of rotatable bonds is 3. The third kappa shape index (κ3) is 2.81. The molecular weight excluding hydrogens is 226 g/mol. The summed E-state index contributed by atoms with van der Waals surface area (Å²) in [6.45, 7) is 5.86. The molecule has 2 atom stereocenters. The van der Waals surface area contributed by atoms with Crippen molar-refractivity contribution in [1.29, 1.82) is 0 Å². The standard InChI is InChI=1S/C11H17NO3S/c1-3-5-10-6-9(8-13)7-12(16(14)15)11(10)4-2/h3-5,9,13H,1,6-8H2,2H3,(H,14,15)/b10-5-,11-4+/t9-/m1/s1. The molecule has 1 fully saturated rings. The van der Waals surface area contributed by atoms with E-state index in [1.54, 1.807) is 12.2 Å². The maximum absolute atomic E-state index is 11.2. The Kier molecular flexibility index (Phi) is 4.92. The van der Waals surface area contributed by atoms with E-state index in [4.69, 9.17) is 5.11 Å². The van der Waals surface area contributed by atoms with Gasteiger partial charge in [0.25, 0.3) is 11.3 Å². The number of allylic oxidation sites excluding steroid dienone is 4. The molecule has 4 nitrogen and oxygen atoms in total. The van der Waals surface area contributed by atoms with Gasteiger partial charge in [-0.05, 0) is 18.9 Å². The SMILES string of the molecule is C=C/C=C1/C[C@@H](CO)CN(S(=O)O)/C1=C/C. The van der Waals surface area contributed by atoms with Crippen LogP contribution in [0.1, 0.15) is 13.3 Å². The molecule has 1 unspecified atom stereocenters. The molecule has 1 rings (SSSR count). The monoisotopic (exact) mass is 243 g/mol. The summed E-state index contributed by atoms with van der Waals surface area (Å²) in [5.74, 6) is -0.00833. The zero-order valence-electron chi connectivity index (χ0n) is 9.30. The summed E-state index contributed by atoms with van der Waals surface area (Å²) in [7, 11) is 0. The average Bonchev–Trinajstić information content (AvgIpc) is 2.28. The molecule has 0 amide bonds. The Labute approximate surface area is 98.4 Å². The highest BCUT2D eigenvalue weighted by Gasteiger charge is 2.28. The molecule has 0 radical (unpaired) electrons. The molecular formula is C11H17NO3S. The minimum atomic E-state index is -2.05. The number of nitrogens with zero attached hydrogens (tertiary/aromatic N) is 1. The lowest BCUT2D eigenvalue weighted by Gasteiger charge is -2.34. The second-order valence-corrected chi connectivity index (χ2v) is 4.55. The lowest BCUT2D eigenvalue weighted by atomic mass is 9.93. The van der Waals surface area contributed by atoms with Crippen LogP contribution in [-0.2, 0) is 11.3 Å². The fraction of sp³-hybridized carbons (Fsp3) is 0.455. The molecule has 1 saturated heterocycles. The first-order valence-corrected chi connectivity index (χ1v) is 6.18. The van der Waals surface area contributed by atoms with E-state index in [1.165, 1.54) is 4.31 Å². The highest BCUT2D eigenvalue weighted by Crippen LogP contribution is 2.30. The summed E-state index contributed by atoms with van der Waals surface area (Å²) in [6, 6.07) is 0. The molecule has 0 aromatic rings. The van der Waals surface area contributed by atoms with Gasteiger partial charge in [-0.3, -0.25) is 8.86 Å². The van der Waals surface area contributed by atoms with Crippen molar-refractivity contribution in [2.75, 3.05) is 13.2 Å². The first-order valence-electron chi connectivity index (χ1n) is 5.11. The van der Waals surface area contributed by atoms with Crippen molar-refractivity contribution in [1.82, 2.24) is 4.31 Å². The van der Waals surface area contributed by atoms with Crippen molar-refractivity contribution in [3.8, 4) is 0 Å². The van der Waals surface area contributed by atoms with Gasteiger partial charge >= 0.3 is 0 Å². The van der Waals surface area contributed by atoms with Gasteiger partial charge in [0.05, 0.1) is 5.70 Å². The second-order valence-electron chi connectivity index (χ2n) is 3.65. The van der Waals surface area contributed by atoms with Gasteiger partial charge in [0.15, 0.2) is 0 Å². The maximum Gasteiger partial charge on any atom is 0.261 e. The molecule has 0 aromatic heterocycles. The van der Waals surface area contributed by atoms with Crippen molar-refractivity contribution in [2.45, 2.75) is 13.3 Å². The van der Waals surface area contributed by atoms with E-state index in [9.17, 15) is 8.76 Å². The minimum Gasteiger partial charge on any atom is -0.396 e. The van der Waals surface area contributed by atoms with Crippen molar-refractivity contribution in [3.63, 3.8) is 0 Å². The van der Waals surface area contributed by atoms with Gasteiger partial charge in [0.2, 0.25) is 0 Å². The van der Waals surface area contributed by atoms with Crippen LogP contribution in [0.2, 0.25) is 0 Å². The fourth-order valence-corrected chi connectivity index (χ4v) is 2.60. The normalized spacial score (nSPS) is 28.4. The largest absolute Gasteiger partial charge is 0.396 e. The maximum atomic E-state index is 11.2. The van der Waals surface area contributed by atoms with Gasteiger partial charge in [-0.15, -0.1) is 0 Å². The molecule has 90 valence electrons. The molecule has 0 spiro atoms. The Bertz CT molecular complexity index is 349. The van der Waals surface area contributed by atoms with Crippen LogP contribution in [0.15, 0.2) is 36.1 Å². The molecule has 16 heavy (non-hydrogen) atoms. The highest BCUT2D eigenvalue weighted by molar-refractivity contribution is 7.76. The van der Waals surface area contributed by atoms with Crippen LogP contribution in [0, 0.1) is 5.92 Å². The van der Waals surface area contributed by atoms with Crippen molar-refractivity contribution < 1.29 is 13.9 Å². The van der Waals surface area contributed by atoms with Crippen LogP contribution < -0.4 is 0 Å². The van der Waals surface area contributed by atoms with E-state index < -0.39 is 11.3 Å². The lowest BCUT2D eigenvalue weighted by Crippen LogP contribution is -2.37. The molecule has 2 N–H and O–H groups in total. The summed E-state index contributed by atoms with van der Waals surface area (Å²) in [5, 5.41) is 9.16. The van der Waals surface area contributed by atoms with E-state index in [2.05, 4.69) is 6.58 Å². The summed E-state index contributed by atoms with van der Waals surface area (Å²) in [6.07, 6.45) is 5.97. The third-order valence-electron chi connectivity index (χ3n) is 2.57. The Morgan fingerprint density at radius 2 is 2.38 bits per heavy atom. The van der Waals surface area contributed by atoms with Crippen LogP contribution in [-0.4, -0.2) is 31.3 Å². The summed E-state index contributed by atoms with van der Waals surface area (Å²) in [5.41, 5.74) is 1.68. The zero-order chi connectivity index (χ0) is 12.1. The zero-order valence-corrected chi connectivity index (χ0v) is 10.1. The third-order valence-corrected chi connectivity index (χ3v) is 3.29. The Morgan fingerprint density at radius 3 is 2.81 bits per heavy atom. The molecule has 1 aliphatic heterocycles. The van der Waals surface area contributed by atoms with E-state index in [0.717, 1.165) is 11.3 Å². The van der Waals surface area contributed by atoms with Crippen molar-refractivity contribution >= 4 is 11.3 Å². The lowest BCUT2D eigenvalue weighted by molar-refractivity contribution is 0.197. The number of hydrogen-bond donors (Lipinski definition) is 2. The average molecular weight is 243 g/mol. The van der Waals surface area contributed by atoms with Gasteiger partial charge in [-0.25, -0.2) is 4.21 Å². The molecule has 0 aliphatic carbocycles. The van der Waals surface area contributed by atoms with Crippen LogP contribution in [0.4, 0.5) is 0 Å². The minimum absolute atomic E-state index is 0.00833. The first-order chi connectivity index (χ1) is 7.63. The molecule has 0 saturated carbocycles. The fourth-order valence-electron chi connectivity index (χ4n) is 1.87. The number of hydrogen-bond acceptors (Lipinski definition) is 2.